The van der Waals surface area contributed by atoms with E-state index in [-0.39, 0.29) is 0 Å². The van der Waals surface area contributed by atoms with Crippen molar-refractivity contribution >= 4 is 38.6 Å². The molecular weight excluding hydrogens is 524 g/mol. The topological polar surface area (TPSA) is 66.6 Å². The van der Waals surface area contributed by atoms with Gasteiger partial charge in [0.1, 0.15) is 24.3 Å². The monoisotopic (exact) mass is 550 g/mol. The Morgan fingerprint density at radius 1 is 1.00 bits per heavy atom. The van der Waals surface area contributed by atoms with Gasteiger partial charge in [0, 0.05) is 21.5 Å². The van der Waals surface area contributed by atoms with Gasteiger partial charge in [0.2, 0.25) is 0 Å². The van der Waals surface area contributed by atoms with Gasteiger partial charge >= 0.3 is 0 Å². The van der Waals surface area contributed by atoms with Crippen molar-refractivity contribution in [3.05, 3.63) is 111 Å². The molecule has 0 saturated carbocycles. The molecular formula is C31H27BrN4O. The maximum Gasteiger partial charge on any atom is 0.149 e. The van der Waals surface area contributed by atoms with Crippen LogP contribution in [0, 0.1) is 39.0 Å². The van der Waals surface area contributed by atoms with Crippen LogP contribution in [-0.4, -0.2) is 14.5 Å². The number of benzene rings is 3. The molecule has 0 radical (unpaired) electrons. The van der Waals surface area contributed by atoms with Crippen molar-refractivity contribution in [1.82, 2.24) is 14.5 Å². The number of nitrogens with zero attached hydrogens (tertiary/aromatic N) is 3. The smallest absolute Gasteiger partial charge is 0.149 e. The highest BCUT2D eigenvalue weighted by atomic mass is 79.9. The number of imidazole rings is 1. The van der Waals surface area contributed by atoms with Gasteiger partial charge in [-0.3, -0.25) is 0 Å². The van der Waals surface area contributed by atoms with E-state index in [2.05, 4.69) is 94.6 Å². The molecule has 0 spiro atoms. The first-order valence-electron chi connectivity index (χ1n) is 12.1. The number of fused-ring (bicyclic) bond motifs is 1. The molecule has 5 rings (SSSR count). The lowest BCUT2D eigenvalue weighted by atomic mass is 10.1. The lowest BCUT2D eigenvalue weighted by molar-refractivity contribution is 0.306. The maximum absolute atomic E-state index is 9.93. The molecule has 0 fully saturated rings. The zero-order chi connectivity index (χ0) is 26.1. The van der Waals surface area contributed by atoms with Crippen LogP contribution in [0.1, 0.15) is 39.5 Å². The zero-order valence-corrected chi connectivity index (χ0v) is 22.8. The Kier molecular flexibility index (Phi) is 6.73. The van der Waals surface area contributed by atoms with Gasteiger partial charge in [-0.05, 0) is 111 Å². The summed E-state index contributed by atoms with van der Waals surface area (Å²) >= 11 is 3.46. The largest absolute Gasteiger partial charge is 0.489 e. The summed E-state index contributed by atoms with van der Waals surface area (Å²) in [5, 5.41) is 9.93. The Labute approximate surface area is 225 Å². The first-order valence-corrected chi connectivity index (χ1v) is 12.9. The van der Waals surface area contributed by atoms with Crippen LogP contribution in [-0.2, 0) is 6.61 Å². The second-order valence-corrected chi connectivity index (χ2v) is 10.2. The Morgan fingerprint density at radius 2 is 1.70 bits per heavy atom. The van der Waals surface area contributed by atoms with E-state index in [1.807, 2.05) is 42.5 Å². The third kappa shape index (κ3) is 5.09. The van der Waals surface area contributed by atoms with Crippen molar-refractivity contribution in [2.45, 2.75) is 34.3 Å². The summed E-state index contributed by atoms with van der Waals surface area (Å²) in [4.78, 5) is 8.00. The number of ether oxygens (including phenoxy) is 1. The fourth-order valence-electron chi connectivity index (χ4n) is 4.48. The SMILES string of the molecule is Cc1cc2nc(/C(C#N)=C\c3cc(C)n(-c4ccc(OCc5ccc(Br)cc5)cc4)c3C)[nH]c2cc1C. The summed E-state index contributed by atoms with van der Waals surface area (Å²) in [6.07, 6.45) is 1.91. The Morgan fingerprint density at radius 3 is 2.41 bits per heavy atom. The molecule has 0 atom stereocenters. The van der Waals surface area contributed by atoms with E-state index >= 15 is 0 Å². The molecule has 0 saturated heterocycles. The van der Waals surface area contributed by atoms with Gasteiger partial charge < -0.3 is 14.3 Å². The van der Waals surface area contributed by atoms with Crippen molar-refractivity contribution in [2.75, 3.05) is 0 Å². The summed E-state index contributed by atoms with van der Waals surface area (Å²) in [6, 6.07) is 24.8. The van der Waals surface area contributed by atoms with Crippen molar-refractivity contribution in [3.8, 4) is 17.5 Å². The highest BCUT2D eigenvalue weighted by Crippen LogP contribution is 2.27. The van der Waals surface area contributed by atoms with Gasteiger partial charge in [-0.25, -0.2) is 4.98 Å². The molecule has 0 aliphatic heterocycles. The molecule has 1 N–H and O–H groups in total. The Hall–Kier alpha value is -4.08. The van der Waals surface area contributed by atoms with E-state index in [1.165, 1.54) is 11.1 Å². The summed E-state index contributed by atoms with van der Waals surface area (Å²) in [5.74, 6) is 1.40. The average Bonchev–Trinajstić information content (AvgIpc) is 3.41. The molecule has 0 unspecified atom stereocenters. The molecule has 0 amide bonds. The van der Waals surface area contributed by atoms with Crippen LogP contribution in [0.5, 0.6) is 5.75 Å². The van der Waals surface area contributed by atoms with Gasteiger partial charge in [0.25, 0.3) is 0 Å². The minimum Gasteiger partial charge on any atom is -0.489 e. The van der Waals surface area contributed by atoms with Crippen LogP contribution < -0.4 is 4.74 Å². The number of rotatable bonds is 6. The molecule has 5 aromatic rings. The van der Waals surface area contributed by atoms with Crippen LogP contribution >= 0.6 is 15.9 Å². The number of nitrogens with one attached hydrogen (secondary N) is 1. The second-order valence-electron chi connectivity index (χ2n) is 9.28. The number of hydrogen-bond acceptors (Lipinski definition) is 3. The Bertz CT molecular complexity index is 1630. The number of allylic oxidation sites excluding steroid dienone is 1. The molecule has 0 aliphatic rings. The first-order chi connectivity index (χ1) is 17.8. The summed E-state index contributed by atoms with van der Waals surface area (Å²) in [5.41, 5.74) is 9.96. The standard InChI is InChI=1S/C31H27BrN4O/c1-19-13-29-30(14-20(19)2)35-31(34-29)25(17-33)16-24-15-21(3)36(22(24)4)27-9-11-28(12-10-27)37-18-23-5-7-26(32)8-6-23/h5-16H,18H2,1-4H3,(H,34,35)/b25-16-. The number of H-pyrrole nitrogens is 1. The van der Waals surface area contributed by atoms with Crippen molar-refractivity contribution in [1.29, 1.82) is 5.26 Å². The van der Waals surface area contributed by atoms with E-state index in [0.717, 1.165) is 49.5 Å². The third-order valence-corrected chi connectivity index (χ3v) is 7.19. The van der Waals surface area contributed by atoms with Crippen LogP contribution in [0.15, 0.2) is 71.2 Å². The molecule has 0 aliphatic carbocycles. The molecule has 2 aromatic heterocycles. The van der Waals surface area contributed by atoms with Crippen molar-refractivity contribution in [2.24, 2.45) is 0 Å². The predicted molar refractivity (Wildman–Crippen MR) is 153 cm³/mol. The molecule has 3 aromatic carbocycles. The normalized spacial score (nSPS) is 11.6. The molecule has 6 heteroatoms. The summed E-state index contributed by atoms with van der Waals surface area (Å²) in [6.45, 7) is 8.80. The molecule has 0 bridgehead atoms. The lowest BCUT2D eigenvalue weighted by Gasteiger charge is -2.11. The predicted octanol–water partition coefficient (Wildman–Crippen LogP) is 7.99. The molecule has 184 valence electrons. The summed E-state index contributed by atoms with van der Waals surface area (Å²) in [7, 11) is 0. The first kappa shape index (κ1) is 24.6. The van der Waals surface area contributed by atoms with Gasteiger partial charge in [-0.1, -0.05) is 28.1 Å². The van der Waals surface area contributed by atoms with Crippen LogP contribution in [0.3, 0.4) is 0 Å². The highest BCUT2D eigenvalue weighted by molar-refractivity contribution is 9.10. The van der Waals surface area contributed by atoms with Crippen LogP contribution in [0.4, 0.5) is 0 Å². The molecule has 2 heterocycles. The van der Waals surface area contributed by atoms with Crippen molar-refractivity contribution < 1.29 is 4.74 Å². The fraction of sp³-hybridized carbons (Fsp3) is 0.161. The number of aromatic nitrogens is 3. The summed E-state index contributed by atoms with van der Waals surface area (Å²) < 4.78 is 9.20. The second kappa shape index (κ2) is 10.1. The molecule has 5 nitrogen and oxygen atoms in total. The Balaban J connectivity index is 1.39. The number of nitriles is 1. The molecule has 37 heavy (non-hydrogen) atoms. The van der Waals surface area contributed by atoms with Crippen LogP contribution in [0.2, 0.25) is 0 Å². The number of halogens is 1. The van der Waals surface area contributed by atoms with Gasteiger partial charge in [0.15, 0.2) is 0 Å². The third-order valence-electron chi connectivity index (χ3n) is 6.66. The van der Waals surface area contributed by atoms with Gasteiger partial charge in [-0.15, -0.1) is 0 Å². The van der Waals surface area contributed by atoms with E-state index in [9.17, 15) is 5.26 Å². The number of aryl methyl sites for hydroxylation is 3. The highest BCUT2D eigenvalue weighted by Gasteiger charge is 2.14. The zero-order valence-electron chi connectivity index (χ0n) is 21.3. The number of aromatic amines is 1. The lowest BCUT2D eigenvalue weighted by Crippen LogP contribution is -2.00. The van der Waals surface area contributed by atoms with Crippen LogP contribution in [0.25, 0.3) is 28.4 Å². The quantitative estimate of drug-likeness (QED) is 0.218. The fourth-order valence-corrected chi connectivity index (χ4v) is 4.74. The van der Waals surface area contributed by atoms with Gasteiger partial charge in [-0.2, -0.15) is 5.26 Å². The minimum absolute atomic E-state index is 0.503. The van der Waals surface area contributed by atoms with E-state index in [0.29, 0.717) is 18.0 Å². The minimum atomic E-state index is 0.503. The van der Waals surface area contributed by atoms with E-state index in [1.54, 1.807) is 0 Å². The average molecular weight is 551 g/mol. The maximum atomic E-state index is 9.93. The van der Waals surface area contributed by atoms with E-state index in [4.69, 9.17) is 4.74 Å². The van der Waals surface area contributed by atoms with Crippen molar-refractivity contribution in [3.63, 3.8) is 0 Å². The van der Waals surface area contributed by atoms with E-state index < -0.39 is 0 Å². The number of hydrogen-bond donors (Lipinski definition) is 1. The van der Waals surface area contributed by atoms with Gasteiger partial charge in [0.05, 0.1) is 16.6 Å².